The Morgan fingerprint density at radius 2 is 1.72 bits per heavy atom. The normalized spacial score (nSPS) is 15.5. The van der Waals surface area contributed by atoms with Gasteiger partial charge in [-0.3, -0.25) is 0 Å². The summed E-state index contributed by atoms with van der Waals surface area (Å²) in [6.07, 6.45) is 9.49. The molecule has 5 rings (SSSR count). The first-order valence-electron chi connectivity index (χ1n) is 12.8. The van der Waals surface area contributed by atoms with Crippen LogP contribution >= 0.6 is 0 Å². The second kappa shape index (κ2) is 9.91. The van der Waals surface area contributed by atoms with Crippen LogP contribution in [0, 0.1) is 24.5 Å². The van der Waals surface area contributed by atoms with Crippen LogP contribution in [0.5, 0.6) is 0 Å². The topological polar surface area (TPSA) is 68.5 Å². The number of pyridine rings is 1. The summed E-state index contributed by atoms with van der Waals surface area (Å²) in [5, 5.41) is 3.06. The Morgan fingerprint density at radius 3 is 2.42 bits per heavy atom. The predicted molar refractivity (Wildman–Crippen MR) is 138 cm³/mol. The number of nitrogens with one attached hydrogen (secondary N) is 1. The van der Waals surface area contributed by atoms with E-state index in [2.05, 4.69) is 38.2 Å². The second-order valence-electron chi connectivity index (χ2n) is 10.1. The summed E-state index contributed by atoms with van der Waals surface area (Å²) in [5.41, 5.74) is 2.44. The molecule has 1 aliphatic rings. The maximum Gasteiger partial charge on any atom is 0.229 e. The highest BCUT2D eigenvalue weighted by molar-refractivity contribution is 5.83. The highest BCUT2D eigenvalue weighted by Gasteiger charge is 2.22. The number of benzene rings is 1. The summed E-state index contributed by atoms with van der Waals surface area (Å²) in [7, 11) is 0. The van der Waals surface area contributed by atoms with Gasteiger partial charge in [0.05, 0.1) is 11.7 Å². The van der Waals surface area contributed by atoms with Crippen molar-refractivity contribution in [2.75, 3.05) is 5.32 Å². The third kappa shape index (κ3) is 4.68. The maximum atomic E-state index is 14.9. The molecule has 1 aromatic carbocycles. The molecule has 0 spiro atoms. The first-order valence-corrected chi connectivity index (χ1v) is 12.8. The van der Waals surface area contributed by atoms with Crippen LogP contribution in [-0.4, -0.2) is 24.5 Å². The maximum absolute atomic E-state index is 14.9. The first-order chi connectivity index (χ1) is 17.3. The number of aromatic nitrogens is 5. The van der Waals surface area contributed by atoms with Gasteiger partial charge in [0, 0.05) is 17.8 Å². The fraction of sp³-hybridized carbons (Fsp3) is 0.429. The molecule has 0 bridgehead atoms. The lowest BCUT2D eigenvalue weighted by Gasteiger charge is -2.27. The molecule has 1 atom stereocenters. The van der Waals surface area contributed by atoms with E-state index in [-0.39, 0.29) is 23.2 Å². The Labute approximate surface area is 210 Å². The summed E-state index contributed by atoms with van der Waals surface area (Å²) in [6.45, 7) is 8.11. The molecule has 0 radical (unpaired) electrons. The Morgan fingerprint density at radius 1 is 0.944 bits per heavy atom. The molecule has 1 aliphatic carbocycles. The Bertz CT molecular complexity index is 1370. The van der Waals surface area contributed by atoms with E-state index >= 15 is 0 Å². The molecule has 1 unspecified atom stereocenters. The molecule has 36 heavy (non-hydrogen) atoms. The molecule has 8 heteroatoms. The summed E-state index contributed by atoms with van der Waals surface area (Å²) in [5.74, 6) is 1.50. The van der Waals surface area contributed by atoms with Gasteiger partial charge in [0.2, 0.25) is 5.95 Å². The number of nitrogens with zero attached hydrogens (tertiary/aromatic N) is 5. The first kappa shape index (κ1) is 24.3. The van der Waals surface area contributed by atoms with Crippen LogP contribution in [0.25, 0.3) is 22.3 Å². The molecule has 0 saturated heterocycles. The predicted octanol–water partition coefficient (Wildman–Crippen LogP) is 7.48. The molecule has 0 aliphatic heterocycles. The minimum atomic E-state index is -0.628. The van der Waals surface area contributed by atoms with Crippen molar-refractivity contribution >= 4 is 22.8 Å². The van der Waals surface area contributed by atoms with Crippen LogP contribution in [-0.2, 0) is 0 Å². The standard InChI is InChI=1S/C28H32F2N6/c1-16(2)36-18(4)33-27-22(29)12-21(13-24(27)36)26-23(30)15-32-28(35-26)34-25-11-10-20(14-31-25)17(3)19-8-6-5-7-9-19/h10-17,19H,5-9H2,1-4H3,(H,31,32,34,35). The zero-order chi connectivity index (χ0) is 25.4. The molecular formula is C28H32F2N6. The lowest BCUT2D eigenvalue weighted by molar-refractivity contribution is 0.316. The van der Waals surface area contributed by atoms with E-state index in [9.17, 15) is 8.78 Å². The SMILES string of the molecule is Cc1nc2c(F)cc(-c3nc(Nc4ccc(C(C)C5CCCCC5)cn4)ncc3F)cc2n1C(C)C. The van der Waals surface area contributed by atoms with Gasteiger partial charge >= 0.3 is 0 Å². The minimum absolute atomic E-state index is 0.0185. The van der Waals surface area contributed by atoms with Crippen LogP contribution in [0.4, 0.5) is 20.5 Å². The van der Waals surface area contributed by atoms with E-state index in [0.29, 0.717) is 34.6 Å². The van der Waals surface area contributed by atoms with Crippen molar-refractivity contribution in [3.05, 3.63) is 59.7 Å². The molecule has 0 amide bonds. The molecule has 3 aromatic heterocycles. The molecular weight excluding hydrogens is 458 g/mol. The summed E-state index contributed by atoms with van der Waals surface area (Å²) < 4.78 is 31.7. The number of hydrogen-bond acceptors (Lipinski definition) is 5. The zero-order valence-corrected chi connectivity index (χ0v) is 21.2. The summed E-state index contributed by atoms with van der Waals surface area (Å²) >= 11 is 0. The van der Waals surface area contributed by atoms with Crippen molar-refractivity contribution in [3.8, 4) is 11.3 Å². The van der Waals surface area contributed by atoms with Crippen LogP contribution in [0.1, 0.15) is 76.2 Å². The Kier molecular flexibility index (Phi) is 6.69. The van der Waals surface area contributed by atoms with Crippen molar-refractivity contribution < 1.29 is 8.78 Å². The van der Waals surface area contributed by atoms with Crippen molar-refractivity contribution in [1.29, 1.82) is 0 Å². The van der Waals surface area contributed by atoms with Gasteiger partial charge in [0.1, 0.15) is 22.9 Å². The third-order valence-electron chi connectivity index (χ3n) is 7.37. The van der Waals surface area contributed by atoms with E-state index in [1.54, 1.807) is 6.07 Å². The number of anilines is 2. The molecule has 1 fully saturated rings. The minimum Gasteiger partial charge on any atom is -0.326 e. The lowest BCUT2D eigenvalue weighted by atomic mass is 9.78. The zero-order valence-electron chi connectivity index (χ0n) is 21.2. The van der Waals surface area contributed by atoms with E-state index in [0.717, 1.165) is 6.20 Å². The van der Waals surface area contributed by atoms with Crippen LogP contribution in [0.3, 0.4) is 0 Å². The number of rotatable bonds is 6. The average Bonchev–Trinajstić information content (AvgIpc) is 3.22. The van der Waals surface area contributed by atoms with Crippen molar-refractivity contribution in [2.45, 2.75) is 71.8 Å². The van der Waals surface area contributed by atoms with E-state index in [4.69, 9.17) is 0 Å². The monoisotopic (exact) mass is 490 g/mol. The van der Waals surface area contributed by atoms with Gasteiger partial charge in [-0.2, -0.15) is 0 Å². The van der Waals surface area contributed by atoms with Gasteiger partial charge < -0.3 is 9.88 Å². The van der Waals surface area contributed by atoms with Crippen molar-refractivity contribution in [2.24, 2.45) is 5.92 Å². The molecule has 3 heterocycles. The number of imidazole rings is 1. The lowest BCUT2D eigenvalue weighted by Crippen LogP contribution is -2.14. The number of hydrogen-bond donors (Lipinski definition) is 1. The highest BCUT2D eigenvalue weighted by atomic mass is 19.1. The Balaban J connectivity index is 1.41. The van der Waals surface area contributed by atoms with Gasteiger partial charge in [0.25, 0.3) is 0 Å². The quantitative estimate of drug-likeness (QED) is 0.303. The summed E-state index contributed by atoms with van der Waals surface area (Å²) in [6, 6.07) is 7.06. The van der Waals surface area contributed by atoms with E-state index < -0.39 is 11.6 Å². The average molecular weight is 491 g/mol. The number of fused-ring (bicyclic) bond motifs is 1. The summed E-state index contributed by atoms with van der Waals surface area (Å²) in [4.78, 5) is 17.3. The molecule has 1 saturated carbocycles. The number of halogens is 2. The van der Waals surface area contributed by atoms with Gasteiger partial charge in [-0.1, -0.05) is 32.3 Å². The molecule has 1 N–H and O–H groups in total. The van der Waals surface area contributed by atoms with Gasteiger partial charge in [-0.05, 0) is 69.2 Å². The van der Waals surface area contributed by atoms with Crippen molar-refractivity contribution in [3.63, 3.8) is 0 Å². The van der Waals surface area contributed by atoms with Gasteiger partial charge in [-0.15, -0.1) is 0 Å². The van der Waals surface area contributed by atoms with Crippen LogP contribution < -0.4 is 5.32 Å². The van der Waals surface area contributed by atoms with Crippen LogP contribution in [0.15, 0.2) is 36.7 Å². The molecule has 4 aromatic rings. The Hall–Kier alpha value is -3.42. The van der Waals surface area contributed by atoms with E-state index in [1.165, 1.54) is 43.7 Å². The van der Waals surface area contributed by atoms with E-state index in [1.807, 2.05) is 37.6 Å². The second-order valence-corrected chi connectivity index (χ2v) is 10.1. The molecule has 6 nitrogen and oxygen atoms in total. The van der Waals surface area contributed by atoms with Crippen LogP contribution in [0.2, 0.25) is 0 Å². The van der Waals surface area contributed by atoms with Gasteiger partial charge in [0.15, 0.2) is 11.6 Å². The highest BCUT2D eigenvalue weighted by Crippen LogP contribution is 2.36. The van der Waals surface area contributed by atoms with Crippen molar-refractivity contribution in [1.82, 2.24) is 24.5 Å². The number of aryl methyl sites for hydroxylation is 1. The fourth-order valence-corrected chi connectivity index (χ4v) is 5.46. The smallest absolute Gasteiger partial charge is 0.229 e. The van der Waals surface area contributed by atoms with Gasteiger partial charge in [-0.25, -0.2) is 28.7 Å². The fourth-order valence-electron chi connectivity index (χ4n) is 5.46. The molecule has 188 valence electrons. The largest absolute Gasteiger partial charge is 0.326 e. The third-order valence-corrected chi connectivity index (χ3v) is 7.37.